The molecule has 0 bridgehead atoms. The van der Waals surface area contributed by atoms with Gasteiger partial charge in [-0.1, -0.05) is 0 Å². The zero-order chi connectivity index (χ0) is 25.3. The van der Waals surface area contributed by atoms with Gasteiger partial charge >= 0.3 is 0 Å². The molecule has 0 spiro atoms. The molecule has 1 aliphatic rings. The highest BCUT2D eigenvalue weighted by Crippen LogP contribution is 2.29. The summed E-state index contributed by atoms with van der Waals surface area (Å²) in [5.74, 6) is 1.78. The molecule has 1 aliphatic heterocycles. The number of aryl methyl sites for hydroxylation is 2. The molecule has 3 aromatic rings. The van der Waals surface area contributed by atoms with E-state index in [-0.39, 0.29) is 17.5 Å². The average Bonchev–Trinajstić information content (AvgIpc) is 3.13. The summed E-state index contributed by atoms with van der Waals surface area (Å²) in [5.41, 5.74) is 2.33. The van der Waals surface area contributed by atoms with Gasteiger partial charge in [-0.15, -0.1) is 0 Å². The third kappa shape index (κ3) is 4.56. The van der Waals surface area contributed by atoms with Crippen molar-refractivity contribution in [2.24, 2.45) is 7.05 Å². The van der Waals surface area contributed by atoms with Gasteiger partial charge in [-0.2, -0.15) is 5.10 Å². The maximum absolute atomic E-state index is 13.3. The molecule has 1 saturated heterocycles. The molecule has 1 fully saturated rings. The number of aromatic nitrogens is 4. The van der Waals surface area contributed by atoms with E-state index in [1.54, 1.807) is 34.5 Å². The first-order valence-electron chi connectivity index (χ1n) is 12.2. The number of hydrogen-bond donors (Lipinski definition) is 0. The van der Waals surface area contributed by atoms with Crippen molar-refractivity contribution in [1.82, 2.24) is 24.2 Å². The molecule has 2 aromatic heterocycles. The van der Waals surface area contributed by atoms with E-state index in [4.69, 9.17) is 14.5 Å². The summed E-state index contributed by atoms with van der Waals surface area (Å²) in [6.45, 7) is 12.8. The van der Waals surface area contributed by atoms with Crippen molar-refractivity contribution >= 4 is 22.9 Å². The lowest BCUT2D eigenvalue weighted by molar-refractivity contribution is 0.0745. The summed E-state index contributed by atoms with van der Waals surface area (Å²) >= 11 is 0. The predicted molar refractivity (Wildman–Crippen MR) is 135 cm³/mol. The fourth-order valence-electron chi connectivity index (χ4n) is 4.54. The minimum atomic E-state index is -0.0977. The third-order valence-corrected chi connectivity index (χ3v) is 6.20. The monoisotopic (exact) mass is 482 g/mol. The molecule has 4 rings (SSSR count). The second-order valence-corrected chi connectivity index (χ2v) is 8.89. The van der Waals surface area contributed by atoms with Gasteiger partial charge in [-0.3, -0.25) is 18.8 Å². The Morgan fingerprint density at radius 2 is 1.71 bits per heavy atom. The Kier molecular flexibility index (Phi) is 7.00. The Morgan fingerprint density at radius 1 is 1.06 bits per heavy atom. The summed E-state index contributed by atoms with van der Waals surface area (Å²) in [5, 5.41) is 4.39. The molecule has 1 amide bonds. The van der Waals surface area contributed by atoms with Gasteiger partial charge in [-0.25, -0.2) is 4.98 Å². The van der Waals surface area contributed by atoms with Crippen LogP contribution in [0.25, 0.3) is 11.0 Å². The largest absolute Gasteiger partial charge is 0.490 e. The molecule has 10 heteroatoms. The first-order valence-corrected chi connectivity index (χ1v) is 12.2. The van der Waals surface area contributed by atoms with Crippen LogP contribution in [0.4, 0.5) is 5.95 Å². The number of rotatable bonds is 7. The van der Waals surface area contributed by atoms with Crippen molar-refractivity contribution in [2.75, 3.05) is 44.3 Å². The van der Waals surface area contributed by atoms with E-state index >= 15 is 0 Å². The van der Waals surface area contributed by atoms with Crippen molar-refractivity contribution in [1.29, 1.82) is 0 Å². The summed E-state index contributed by atoms with van der Waals surface area (Å²) in [4.78, 5) is 35.4. The summed E-state index contributed by atoms with van der Waals surface area (Å²) in [6, 6.07) is 5.25. The van der Waals surface area contributed by atoms with Crippen molar-refractivity contribution in [2.45, 2.75) is 40.7 Å². The molecular weight excluding hydrogens is 448 g/mol. The number of piperazine rings is 1. The maximum atomic E-state index is 13.3. The van der Waals surface area contributed by atoms with Gasteiger partial charge in [0.1, 0.15) is 5.52 Å². The van der Waals surface area contributed by atoms with E-state index in [0.717, 1.165) is 5.69 Å². The molecule has 188 valence electrons. The number of carbonyl (C=O) groups is 1. The minimum absolute atomic E-state index is 0.0542. The molecule has 0 atom stereocenters. The predicted octanol–water partition coefficient (Wildman–Crippen LogP) is 2.78. The Bertz CT molecular complexity index is 1290. The van der Waals surface area contributed by atoms with Gasteiger partial charge in [0, 0.05) is 44.8 Å². The van der Waals surface area contributed by atoms with E-state index in [1.165, 1.54) is 0 Å². The van der Waals surface area contributed by atoms with Crippen LogP contribution in [0.2, 0.25) is 0 Å². The second kappa shape index (κ2) is 9.97. The summed E-state index contributed by atoms with van der Waals surface area (Å²) < 4.78 is 14.6. The minimum Gasteiger partial charge on any atom is -0.490 e. The number of nitrogens with zero attached hydrogens (tertiary/aromatic N) is 6. The van der Waals surface area contributed by atoms with Crippen LogP contribution in [-0.4, -0.2) is 69.5 Å². The van der Waals surface area contributed by atoms with Gasteiger partial charge in [0.25, 0.3) is 11.5 Å². The number of ether oxygens (including phenoxy) is 2. The van der Waals surface area contributed by atoms with Gasteiger partial charge in [0.2, 0.25) is 5.95 Å². The molecule has 0 N–H and O–H groups in total. The fraction of sp³-hybridized carbons (Fsp3) is 0.520. The highest BCUT2D eigenvalue weighted by atomic mass is 16.5. The van der Waals surface area contributed by atoms with E-state index in [0.29, 0.717) is 73.4 Å². The van der Waals surface area contributed by atoms with E-state index in [1.807, 2.05) is 39.5 Å². The van der Waals surface area contributed by atoms with Crippen LogP contribution >= 0.6 is 0 Å². The number of carbonyl (C=O) groups excluding carboxylic acids is 1. The van der Waals surface area contributed by atoms with Crippen LogP contribution in [-0.2, 0) is 7.05 Å². The zero-order valence-electron chi connectivity index (χ0n) is 21.4. The molecule has 0 unspecified atom stereocenters. The Balaban J connectivity index is 1.57. The number of fused-ring (bicyclic) bond motifs is 1. The maximum Gasteiger partial charge on any atom is 0.281 e. The smallest absolute Gasteiger partial charge is 0.281 e. The highest BCUT2D eigenvalue weighted by molar-refractivity contribution is 5.95. The van der Waals surface area contributed by atoms with Crippen molar-refractivity contribution in [3.05, 3.63) is 39.8 Å². The Labute approximate surface area is 205 Å². The van der Waals surface area contributed by atoms with Crippen LogP contribution in [0, 0.1) is 6.92 Å². The van der Waals surface area contributed by atoms with Gasteiger partial charge < -0.3 is 19.3 Å². The highest BCUT2D eigenvalue weighted by Gasteiger charge is 2.28. The molecule has 1 aromatic carbocycles. The number of benzene rings is 1. The normalized spacial score (nSPS) is 14.1. The zero-order valence-corrected chi connectivity index (χ0v) is 21.4. The first kappa shape index (κ1) is 24.6. The SMILES string of the molecule is CCOc1ccc(C(=O)N2CCN(c3nc4c(C)nn(C)c4c(=O)n3C(C)C)CC2)cc1OCC. The summed E-state index contributed by atoms with van der Waals surface area (Å²) in [6.07, 6.45) is 0. The van der Waals surface area contributed by atoms with Crippen LogP contribution in [0.5, 0.6) is 11.5 Å². The lowest BCUT2D eigenvalue weighted by atomic mass is 10.1. The van der Waals surface area contributed by atoms with Crippen LogP contribution in [0.3, 0.4) is 0 Å². The molecular formula is C25H34N6O4. The van der Waals surface area contributed by atoms with Crippen molar-refractivity contribution in [3.63, 3.8) is 0 Å². The van der Waals surface area contributed by atoms with E-state index in [2.05, 4.69) is 10.00 Å². The van der Waals surface area contributed by atoms with Crippen molar-refractivity contribution < 1.29 is 14.3 Å². The topological polar surface area (TPSA) is 94.7 Å². The number of amides is 1. The lowest BCUT2D eigenvalue weighted by Crippen LogP contribution is -2.50. The Hall–Kier alpha value is -3.56. The quantitative estimate of drug-likeness (QED) is 0.511. The van der Waals surface area contributed by atoms with Crippen LogP contribution in [0.1, 0.15) is 49.8 Å². The van der Waals surface area contributed by atoms with Gasteiger partial charge in [0.05, 0.1) is 18.9 Å². The van der Waals surface area contributed by atoms with Gasteiger partial charge in [0.15, 0.2) is 17.0 Å². The first-order chi connectivity index (χ1) is 16.8. The molecule has 10 nitrogen and oxygen atoms in total. The second-order valence-electron chi connectivity index (χ2n) is 8.89. The van der Waals surface area contributed by atoms with Crippen molar-refractivity contribution in [3.8, 4) is 11.5 Å². The fourth-order valence-corrected chi connectivity index (χ4v) is 4.54. The average molecular weight is 483 g/mol. The molecule has 0 aliphatic carbocycles. The number of anilines is 1. The number of hydrogen-bond acceptors (Lipinski definition) is 7. The summed E-state index contributed by atoms with van der Waals surface area (Å²) in [7, 11) is 1.77. The molecule has 3 heterocycles. The standard InChI is InChI=1S/C25H34N6O4/c1-7-34-19-10-9-18(15-20(19)35-8-2)23(32)29-11-13-30(14-12-29)25-26-21-17(5)27-28(6)22(21)24(33)31(25)16(3)4/h9-10,15-16H,7-8,11-14H2,1-6H3. The molecule has 0 radical (unpaired) electrons. The van der Waals surface area contributed by atoms with E-state index in [9.17, 15) is 9.59 Å². The lowest BCUT2D eigenvalue weighted by Gasteiger charge is -2.36. The van der Waals surface area contributed by atoms with Gasteiger partial charge in [-0.05, 0) is 52.8 Å². The van der Waals surface area contributed by atoms with E-state index < -0.39 is 0 Å². The van der Waals surface area contributed by atoms with Crippen LogP contribution < -0.4 is 19.9 Å². The molecule has 0 saturated carbocycles. The molecule has 35 heavy (non-hydrogen) atoms. The Morgan fingerprint density at radius 3 is 2.34 bits per heavy atom. The van der Waals surface area contributed by atoms with Crippen LogP contribution in [0.15, 0.2) is 23.0 Å². The third-order valence-electron chi connectivity index (χ3n) is 6.20.